The van der Waals surface area contributed by atoms with Crippen LogP contribution in [-0.4, -0.2) is 108 Å². The number of nitrogens with zero attached hydrogens (tertiary/aromatic N) is 2. The maximum atomic E-state index is 13.4. The highest BCUT2D eigenvalue weighted by molar-refractivity contribution is 7.41. The Morgan fingerprint density at radius 1 is 0.982 bits per heavy atom. The molecule has 8 atom stereocenters. The third kappa shape index (κ3) is 11.5. The molecule has 2 aromatic rings. The lowest BCUT2D eigenvalue weighted by atomic mass is 9.98. The lowest BCUT2D eigenvalue weighted by molar-refractivity contribution is -0.247. The van der Waals surface area contributed by atoms with E-state index in [0.29, 0.717) is 0 Å². The summed E-state index contributed by atoms with van der Waals surface area (Å²) in [5.41, 5.74) is -0.711. The van der Waals surface area contributed by atoms with Gasteiger partial charge in [0.1, 0.15) is 18.0 Å². The van der Waals surface area contributed by atoms with Crippen LogP contribution in [0.5, 0.6) is 0 Å². The molecule has 0 aliphatic carbocycles. The minimum Gasteiger partial charge on any atom is -0.465 e. The first-order valence-corrected chi connectivity index (χ1v) is 17.7. The minimum absolute atomic E-state index is 0.0562. The monoisotopic (exact) mass is 792 g/mol. The van der Waals surface area contributed by atoms with Gasteiger partial charge in [-0.1, -0.05) is 24.3 Å². The van der Waals surface area contributed by atoms with E-state index in [2.05, 4.69) is 22.2 Å². The van der Waals surface area contributed by atoms with Gasteiger partial charge in [-0.2, -0.15) is 4.98 Å². The van der Waals surface area contributed by atoms with E-state index in [-0.39, 0.29) is 24.6 Å². The summed E-state index contributed by atoms with van der Waals surface area (Å²) >= 11 is 0. The topological polar surface area (TPSA) is 244 Å². The molecule has 0 radical (unpaired) electrons. The predicted octanol–water partition coefficient (Wildman–Crippen LogP) is 1.45. The van der Waals surface area contributed by atoms with Crippen LogP contribution >= 0.6 is 8.60 Å². The predicted molar refractivity (Wildman–Crippen MR) is 186 cm³/mol. The van der Waals surface area contributed by atoms with Crippen molar-refractivity contribution in [2.75, 3.05) is 32.2 Å². The Balaban J connectivity index is 1.63. The van der Waals surface area contributed by atoms with Crippen molar-refractivity contribution >= 4 is 50.1 Å². The van der Waals surface area contributed by atoms with Crippen LogP contribution < -0.4 is 16.3 Å². The quantitative estimate of drug-likeness (QED) is 0.106. The van der Waals surface area contributed by atoms with Gasteiger partial charge < -0.3 is 48.1 Å². The zero-order valence-corrected chi connectivity index (χ0v) is 31.4. The van der Waals surface area contributed by atoms with Crippen LogP contribution in [0.3, 0.4) is 0 Å². The van der Waals surface area contributed by atoms with Crippen molar-refractivity contribution in [2.24, 2.45) is 0 Å². The zero-order chi connectivity index (χ0) is 40.3. The van der Waals surface area contributed by atoms with Gasteiger partial charge in [-0.05, 0) is 18.2 Å². The fraction of sp³-hybridized carbons (Fsp3) is 0.471. The van der Waals surface area contributed by atoms with E-state index in [4.69, 9.17) is 42.0 Å². The Labute approximate surface area is 315 Å². The van der Waals surface area contributed by atoms with Crippen molar-refractivity contribution in [3.8, 4) is 0 Å². The van der Waals surface area contributed by atoms with Gasteiger partial charge in [0.25, 0.3) is 5.79 Å². The summed E-state index contributed by atoms with van der Waals surface area (Å²) in [6, 6.07) is 8.40. The highest BCUT2D eigenvalue weighted by Crippen LogP contribution is 2.48. The molecule has 1 unspecified atom stereocenters. The highest BCUT2D eigenvalue weighted by Gasteiger charge is 2.55. The molecule has 0 saturated carbocycles. The third-order valence-electron chi connectivity index (χ3n) is 7.73. The summed E-state index contributed by atoms with van der Waals surface area (Å²) in [7, 11) is -1.57. The van der Waals surface area contributed by atoms with Crippen molar-refractivity contribution in [3.05, 3.63) is 71.3 Å². The molecule has 1 aromatic heterocycles. The summed E-state index contributed by atoms with van der Waals surface area (Å²) in [5, 5.41) is 5.02. The molecule has 4 rings (SSSR count). The van der Waals surface area contributed by atoms with Crippen LogP contribution in [0.15, 0.2) is 60.0 Å². The molecular weight excluding hydrogens is 751 g/mol. The van der Waals surface area contributed by atoms with Gasteiger partial charge in [-0.3, -0.25) is 28.3 Å². The summed E-state index contributed by atoms with van der Waals surface area (Å²) in [6.07, 6.45) is -4.57. The van der Waals surface area contributed by atoms with Crippen LogP contribution in [0.4, 0.5) is 5.82 Å². The van der Waals surface area contributed by atoms with E-state index < -0.39 is 105 Å². The number of benzene rings is 1. The summed E-state index contributed by atoms with van der Waals surface area (Å²) in [5.74, 6) is -6.74. The van der Waals surface area contributed by atoms with Gasteiger partial charge in [-0.15, -0.1) is 6.58 Å². The van der Waals surface area contributed by atoms with Gasteiger partial charge in [-0.25, -0.2) is 14.4 Å². The summed E-state index contributed by atoms with van der Waals surface area (Å²) in [4.78, 5) is 91.4. The number of amides is 2. The first kappa shape index (κ1) is 42.6. The third-order valence-corrected chi connectivity index (χ3v) is 8.89. The second-order valence-corrected chi connectivity index (χ2v) is 13.1. The van der Waals surface area contributed by atoms with Crippen LogP contribution in [0, 0.1) is 0 Å². The number of carbonyl (C=O) groups is 6. The molecular formula is C34H41N4O16P. The molecule has 0 bridgehead atoms. The average Bonchev–Trinajstić information content (AvgIpc) is 3.44. The largest absolute Gasteiger partial charge is 0.465 e. The van der Waals surface area contributed by atoms with Crippen molar-refractivity contribution in [1.82, 2.24) is 14.9 Å². The van der Waals surface area contributed by atoms with E-state index in [1.807, 2.05) is 0 Å². The van der Waals surface area contributed by atoms with Gasteiger partial charge in [0.05, 0.1) is 45.0 Å². The molecule has 2 fully saturated rings. The van der Waals surface area contributed by atoms with Gasteiger partial charge in [0.15, 0.2) is 18.4 Å². The molecule has 2 N–H and O–H groups in total. The first-order valence-electron chi connectivity index (χ1n) is 16.6. The minimum atomic E-state index is -2.64. The number of hydrogen-bond donors (Lipinski definition) is 2. The van der Waals surface area contributed by atoms with Crippen LogP contribution in [0.1, 0.15) is 50.7 Å². The Hall–Kier alpha value is -5.11. The molecule has 21 heteroatoms. The van der Waals surface area contributed by atoms with E-state index >= 15 is 0 Å². The number of anilines is 1. The standard InChI is InChI=1S/C34H41N4O16P/c1-7-15-48-55(54-34(32(44)46-6)16-25(24(17-47-34)35-19(2)39)53-31(43)23-11-9-8-10-12-23)49-18-26-28(50-21(4)41)29(51-22(5)42)30(52-26)38-14-13-27(36-20(3)40)37-33(38)45/h7-14,24-26,28-30H,1,15-18H2,2-6H3,(H,35,39)(H,36,37,40,45)/t24-,25-,26+,28+,29+,30+,34+,55?/m0/s1. The number of aromatic nitrogens is 2. The molecule has 1 aromatic carbocycles. The number of hydrogen-bond acceptors (Lipinski definition) is 17. The zero-order valence-electron chi connectivity index (χ0n) is 30.5. The Morgan fingerprint density at radius 2 is 1.67 bits per heavy atom. The number of esters is 4. The van der Waals surface area contributed by atoms with Crippen molar-refractivity contribution in [1.29, 1.82) is 0 Å². The molecule has 2 aliphatic rings. The molecule has 20 nitrogen and oxygen atoms in total. The van der Waals surface area contributed by atoms with Crippen LogP contribution in [-0.2, 0) is 66.0 Å². The van der Waals surface area contributed by atoms with Crippen molar-refractivity contribution in [2.45, 2.75) is 76.6 Å². The number of ether oxygens (including phenoxy) is 6. The fourth-order valence-corrected chi connectivity index (χ4v) is 6.65. The van der Waals surface area contributed by atoms with E-state index in [1.54, 1.807) is 18.2 Å². The summed E-state index contributed by atoms with van der Waals surface area (Å²) < 4.78 is 52.4. The molecule has 55 heavy (non-hydrogen) atoms. The lowest BCUT2D eigenvalue weighted by Crippen LogP contribution is -2.60. The van der Waals surface area contributed by atoms with Crippen molar-refractivity contribution in [3.63, 3.8) is 0 Å². The van der Waals surface area contributed by atoms with Gasteiger partial charge in [0.2, 0.25) is 11.8 Å². The van der Waals surface area contributed by atoms with Crippen LogP contribution in [0.2, 0.25) is 0 Å². The highest BCUT2D eigenvalue weighted by atomic mass is 31.2. The van der Waals surface area contributed by atoms with E-state index in [9.17, 15) is 33.6 Å². The normalized spacial score (nSPS) is 25.1. The molecule has 0 spiro atoms. The molecule has 2 amide bonds. The SMILES string of the molecule is C=CCOP(OC[C@H]1O[C@@H](n2ccc(NC(C)=O)nc2=O)[C@H](OC(C)=O)[C@@H]1OC(C)=O)O[C@@]1(C(=O)OC)C[C@H](OC(=O)c2ccccc2)[C@@H](NC(C)=O)CO1. The number of nitrogens with one attached hydrogen (secondary N) is 2. The fourth-order valence-electron chi connectivity index (χ4n) is 5.53. The van der Waals surface area contributed by atoms with E-state index in [0.717, 1.165) is 25.5 Å². The van der Waals surface area contributed by atoms with E-state index in [1.165, 1.54) is 44.3 Å². The molecule has 298 valence electrons. The summed E-state index contributed by atoms with van der Waals surface area (Å²) in [6.45, 7) is 7.20. The first-order chi connectivity index (χ1) is 26.2. The van der Waals surface area contributed by atoms with Crippen LogP contribution in [0.25, 0.3) is 0 Å². The second kappa shape index (κ2) is 19.5. The Morgan fingerprint density at radius 3 is 2.27 bits per heavy atom. The smallest absolute Gasteiger partial charge is 0.367 e. The van der Waals surface area contributed by atoms with Crippen molar-refractivity contribution < 1.29 is 70.8 Å². The molecule has 2 saturated heterocycles. The maximum absolute atomic E-state index is 13.4. The number of rotatable bonds is 16. The Bertz CT molecular complexity index is 1790. The molecule has 3 heterocycles. The lowest BCUT2D eigenvalue weighted by Gasteiger charge is -2.42. The average molecular weight is 793 g/mol. The Kier molecular flexibility index (Phi) is 15.1. The van der Waals surface area contributed by atoms with Gasteiger partial charge in [0, 0.05) is 33.9 Å². The number of methoxy groups -OCH3 is 1. The van der Waals surface area contributed by atoms with Gasteiger partial charge >= 0.3 is 38.2 Å². The molecule has 2 aliphatic heterocycles. The number of carbonyl (C=O) groups excluding carboxylic acids is 6. The maximum Gasteiger partial charge on any atom is 0.367 e. The second-order valence-electron chi connectivity index (χ2n) is 12.0.